The molecule has 0 spiro atoms. The van der Waals surface area contributed by atoms with Crippen LogP contribution in [0, 0.1) is 22.0 Å². The molecule has 22 heavy (non-hydrogen) atoms. The van der Waals surface area contributed by atoms with Crippen LogP contribution in [-0.4, -0.2) is 25.6 Å². The average molecular weight is 326 g/mol. The molecule has 0 unspecified atom stereocenters. The first-order chi connectivity index (χ1) is 10.2. The highest BCUT2D eigenvalue weighted by Crippen LogP contribution is 2.34. The van der Waals surface area contributed by atoms with Crippen LogP contribution in [0.3, 0.4) is 0 Å². The summed E-state index contributed by atoms with van der Waals surface area (Å²) in [5.41, 5.74) is 0.205. The summed E-state index contributed by atoms with van der Waals surface area (Å²) < 4.78 is 23.1. The fraction of sp³-hybridized carbons (Fsp3) is 0.600. The van der Waals surface area contributed by atoms with Gasteiger partial charge in [0.2, 0.25) is 0 Å². The van der Waals surface area contributed by atoms with Crippen molar-refractivity contribution in [1.29, 1.82) is 0 Å². The van der Waals surface area contributed by atoms with Crippen LogP contribution in [0.5, 0.6) is 0 Å². The van der Waals surface area contributed by atoms with Crippen LogP contribution < -0.4 is 5.32 Å². The van der Waals surface area contributed by atoms with E-state index in [0.717, 1.165) is 25.2 Å². The zero-order valence-electron chi connectivity index (χ0n) is 13.1. The Bertz CT molecular complexity index is 672. The van der Waals surface area contributed by atoms with E-state index in [9.17, 15) is 18.5 Å². The summed E-state index contributed by atoms with van der Waals surface area (Å²) in [6, 6.07) is 4.22. The maximum Gasteiger partial charge on any atom is 0.293 e. The molecule has 0 amide bonds. The minimum atomic E-state index is -3.46. The molecule has 7 heteroatoms. The van der Waals surface area contributed by atoms with Crippen molar-refractivity contribution >= 4 is 21.2 Å². The molecular weight excluding hydrogens is 304 g/mol. The normalized spacial score (nSPS) is 25.7. The Balaban J connectivity index is 2.33. The van der Waals surface area contributed by atoms with E-state index >= 15 is 0 Å². The summed E-state index contributed by atoms with van der Waals surface area (Å²) in [6.07, 6.45) is 4.29. The number of hydrogen-bond donors (Lipinski definition) is 1. The van der Waals surface area contributed by atoms with Gasteiger partial charge in [-0.3, -0.25) is 10.1 Å². The van der Waals surface area contributed by atoms with Crippen molar-refractivity contribution in [2.75, 3.05) is 11.6 Å². The Labute approximate surface area is 131 Å². The first-order valence-electron chi connectivity index (χ1n) is 7.45. The fourth-order valence-electron chi connectivity index (χ4n) is 3.00. The van der Waals surface area contributed by atoms with Crippen LogP contribution in [0.15, 0.2) is 23.1 Å². The van der Waals surface area contributed by atoms with Crippen molar-refractivity contribution in [3.8, 4) is 0 Å². The Morgan fingerprint density at radius 1 is 1.27 bits per heavy atom. The topological polar surface area (TPSA) is 89.3 Å². The number of rotatable bonds is 4. The van der Waals surface area contributed by atoms with Crippen molar-refractivity contribution < 1.29 is 13.3 Å². The number of benzene rings is 1. The minimum Gasteiger partial charge on any atom is -0.376 e. The predicted molar refractivity (Wildman–Crippen MR) is 85.8 cm³/mol. The second-order valence-electron chi connectivity index (χ2n) is 6.23. The molecule has 0 bridgehead atoms. The third-order valence-electron chi connectivity index (χ3n) is 4.64. The molecule has 0 heterocycles. The quantitative estimate of drug-likeness (QED) is 0.677. The third-order valence-corrected chi connectivity index (χ3v) is 5.75. The van der Waals surface area contributed by atoms with E-state index in [1.807, 2.05) is 0 Å². The molecule has 1 N–H and O–H groups in total. The fourth-order valence-corrected chi connectivity index (χ4v) is 3.64. The van der Waals surface area contributed by atoms with Crippen LogP contribution in [0.25, 0.3) is 0 Å². The van der Waals surface area contributed by atoms with E-state index < -0.39 is 14.8 Å². The van der Waals surface area contributed by atoms with E-state index in [1.165, 1.54) is 18.6 Å². The lowest BCUT2D eigenvalue weighted by atomic mass is 9.78. The molecule has 1 aliphatic rings. The maximum atomic E-state index is 11.6. The molecule has 1 aromatic carbocycles. The van der Waals surface area contributed by atoms with Gasteiger partial charge in [0, 0.05) is 18.4 Å². The molecule has 1 aromatic rings. The lowest BCUT2D eigenvalue weighted by molar-refractivity contribution is -0.384. The maximum absolute atomic E-state index is 11.6. The Morgan fingerprint density at radius 2 is 1.95 bits per heavy atom. The molecule has 3 atom stereocenters. The van der Waals surface area contributed by atoms with Crippen LogP contribution in [0.4, 0.5) is 11.4 Å². The molecule has 0 saturated heterocycles. The van der Waals surface area contributed by atoms with Gasteiger partial charge in [-0.25, -0.2) is 8.42 Å². The Kier molecular flexibility index (Phi) is 4.75. The highest BCUT2D eigenvalue weighted by Gasteiger charge is 2.29. The molecule has 1 saturated carbocycles. The predicted octanol–water partition coefficient (Wildman–Crippen LogP) is 3.23. The lowest BCUT2D eigenvalue weighted by Gasteiger charge is -2.35. The summed E-state index contributed by atoms with van der Waals surface area (Å²) >= 11 is 0. The number of nitrogens with zero attached hydrogens (tertiary/aromatic N) is 1. The van der Waals surface area contributed by atoms with Gasteiger partial charge in [-0.15, -0.1) is 0 Å². The van der Waals surface area contributed by atoms with Crippen LogP contribution in [0.2, 0.25) is 0 Å². The summed E-state index contributed by atoms with van der Waals surface area (Å²) in [4.78, 5) is 10.7. The van der Waals surface area contributed by atoms with Crippen molar-refractivity contribution in [3.05, 3.63) is 28.3 Å². The van der Waals surface area contributed by atoms with Crippen molar-refractivity contribution in [1.82, 2.24) is 0 Å². The van der Waals surface area contributed by atoms with E-state index in [4.69, 9.17) is 0 Å². The van der Waals surface area contributed by atoms with Crippen molar-refractivity contribution in [3.63, 3.8) is 0 Å². The molecule has 0 radical (unpaired) electrons. The summed E-state index contributed by atoms with van der Waals surface area (Å²) in [5.74, 6) is 0.989. The number of nitro groups is 1. The molecular formula is C15H22N2O4S. The first kappa shape index (κ1) is 16.7. The molecule has 1 aliphatic carbocycles. The van der Waals surface area contributed by atoms with Gasteiger partial charge in [-0.2, -0.15) is 0 Å². The van der Waals surface area contributed by atoms with E-state index in [0.29, 0.717) is 17.5 Å². The number of nitrogens with one attached hydrogen (secondary N) is 1. The zero-order valence-corrected chi connectivity index (χ0v) is 13.9. The number of nitro benzene ring substituents is 1. The third kappa shape index (κ3) is 3.58. The number of hydrogen-bond acceptors (Lipinski definition) is 5. The monoisotopic (exact) mass is 326 g/mol. The van der Waals surface area contributed by atoms with Crippen molar-refractivity contribution in [2.45, 2.75) is 44.0 Å². The first-order valence-corrected chi connectivity index (χ1v) is 9.34. The van der Waals surface area contributed by atoms with Crippen LogP contribution in [0.1, 0.15) is 33.1 Å². The lowest BCUT2D eigenvalue weighted by Crippen LogP contribution is -2.35. The Morgan fingerprint density at radius 3 is 2.55 bits per heavy atom. The van der Waals surface area contributed by atoms with Gasteiger partial charge >= 0.3 is 0 Å². The second-order valence-corrected chi connectivity index (χ2v) is 8.24. The molecule has 0 aromatic heterocycles. The minimum absolute atomic E-state index is 0.0326. The SMILES string of the molecule is C[C@H]1[C@@H](Nc2ccc(S(C)(=O)=O)cc2[N+](=O)[O-])CCC[C@@H]1C. The summed E-state index contributed by atoms with van der Waals surface area (Å²) in [7, 11) is -3.46. The van der Waals surface area contributed by atoms with Crippen molar-refractivity contribution in [2.24, 2.45) is 11.8 Å². The van der Waals surface area contributed by atoms with Gasteiger partial charge in [0.05, 0.1) is 9.82 Å². The summed E-state index contributed by atoms with van der Waals surface area (Å²) in [5, 5.41) is 14.5. The average Bonchev–Trinajstić information content (AvgIpc) is 2.43. The highest BCUT2D eigenvalue weighted by atomic mass is 32.2. The largest absolute Gasteiger partial charge is 0.376 e. The highest BCUT2D eigenvalue weighted by molar-refractivity contribution is 7.90. The van der Waals surface area contributed by atoms with Crippen LogP contribution >= 0.6 is 0 Å². The standard InChI is InChI=1S/C15H22N2O4S/c1-10-5-4-6-13(11(10)2)16-14-8-7-12(22(3,20)21)9-15(14)17(18)19/h7-11,13,16H,4-6H2,1-3H3/t10-,11+,13-/m0/s1. The van der Waals surface area contributed by atoms with E-state index in [1.54, 1.807) is 0 Å². The van der Waals surface area contributed by atoms with Gasteiger partial charge in [0.15, 0.2) is 9.84 Å². The second kappa shape index (κ2) is 6.24. The molecule has 6 nitrogen and oxygen atoms in total. The van der Waals surface area contributed by atoms with Crippen LogP contribution in [-0.2, 0) is 9.84 Å². The Hall–Kier alpha value is -1.63. The molecule has 122 valence electrons. The van der Waals surface area contributed by atoms with E-state index in [2.05, 4.69) is 19.2 Å². The molecule has 2 rings (SSSR count). The van der Waals surface area contributed by atoms with Gasteiger partial charge in [0.25, 0.3) is 5.69 Å². The molecule has 0 aliphatic heterocycles. The zero-order chi connectivity index (χ0) is 16.5. The molecule has 1 fully saturated rings. The van der Waals surface area contributed by atoms with Gasteiger partial charge in [-0.1, -0.05) is 26.7 Å². The van der Waals surface area contributed by atoms with Gasteiger partial charge < -0.3 is 5.32 Å². The smallest absolute Gasteiger partial charge is 0.293 e. The number of anilines is 1. The number of sulfone groups is 1. The van der Waals surface area contributed by atoms with Gasteiger partial charge in [-0.05, 0) is 30.4 Å². The van der Waals surface area contributed by atoms with E-state index in [-0.39, 0.29) is 16.6 Å². The summed E-state index contributed by atoms with van der Waals surface area (Å²) in [6.45, 7) is 4.35. The van der Waals surface area contributed by atoms with Gasteiger partial charge in [0.1, 0.15) is 5.69 Å².